The van der Waals surface area contributed by atoms with Gasteiger partial charge in [-0.2, -0.15) is 0 Å². The molecular formula is C15H30O6. The van der Waals surface area contributed by atoms with Gasteiger partial charge in [-0.3, -0.25) is 0 Å². The van der Waals surface area contributed by atoms with Crippen LogP contribution in [0.3, 0.4) is 0 Å². The summed E-state index contributed by atoms with van der Waals surface area (Å²) >= 11 is 0. The number of ether oxygens (including phenoxy) is 4. The first-order valence-electron chi connectivity index (χ1n) is 7.37. The van der Waals surface area contributed by atoms with Gasteiger partial charge in [0.15, 0.2) is 6.10 Å². The molecule has 1 atom stereocenters. The molecule has 0 aliphatic rings. The SMILES string of the molecule is CCCCOCC(=O)OCCCC.COC(=O)C(C)OC. The van der Waals surface area contributed by atoms with Crippen LogP contribution in [0.4, 0.5) is 0 Å². The molecule has 0 amide bonds. The predicted molar refractivity (Wildman–Crippen MR) is 80.1 cm³/mol. The molecule has 0 aliphatic carbocycles. The number of hydrogen-bond donors (Lipinski definition) is 0. The van der Waals surface area contributed by atoms with Gasteiger partial charge in [-0.15, -0.1) is 0 Å². The average Bonchev–Trinajstić information content (AvgIpc) is 2.50. The normalized spacial score (nSPS) is 11.1. The molecule has 0 rings (SSSR count). The van der Waals surface area contributed by atoms with Gasteiger partial charge in [0, 0.05) is 13.7 Å². The molecule has 6 nitrogen and oxygen atoms in total. The molecule has 0 fully saturated rings. The minimum absolute atomic E-state index is 0.101. The summed E-state index contributed by atoms with van der Waals surface area (Å²) in [7, 11) is 2.79. The minimum Gasteiger partial charge on any atom is -0.467 e. The van der Waals surface area contributed by atoms with Crippen molar-refractivity contribution in [2.75, 3.05) is 34.0 Å². The Labute approximate surface area is 128 Å². The molecule has 1 unspecified atom stereocenters. The molecule has 0 saturated heterocycles. The quantitative estimate of drug-likeness (QED) is 0.456. The lowest BCUT2D eigenvalue weighted by Gasteiger charge is -2.04. The van der Waals surface area contributed by atoms with Crippen LogP contribution in [0.25, 0.3) is 0 Å². The highest BCUT2D eigenvalue weighted by molar-refractivity contribution is 5.73. The van der Waals surface area contributed by atoms with Crippen LogP contribution in [0.1, 0.15) is 46.5 Å². The maximum Gasteiger partial charge on any atom is 0.334 e. The Kier molecular flexibility index (Phi) is 17.8. The topological polar surface area (TPSA) is 71.1 Å². The molecule has 0 aromatic rings. The van der Waals surface area contributed by atoms with Crippen molar-refractivity contribution in [3.8, 4) is 0 Å². The first-order chi connectivity index (χ1) is 10.0. The molecule has 0 radical (unpaired) electrons. The van der Waals surface area contributed by atoms with Crippen molar-refractivity contribution < 1.29 is 28.5 Å². The van der Waals surface area contributed by atoms with Gasteiger partial charge in [-0.25, -0.2) is 9.59 Å². The predicted octanol–water partition coefficient (Wildman–Crippen LogP) is 2.34. The first kappa shape index (κ1) is 22.1. The summed E-state index contributed by atoms with van der Waals surface area (Å²) in [5, 5.41) is 0. The third-order valence-electron chi connectivity index (χ3n) is 2.51. The molecule has 0 saturated carbocycles. The minimum atomic E-state index is -0.444. The Bertz CT molecular complexity index is 255. The fourth-order valence-corrected chi connectivity index (χ4v) is 1.04. The summed E-state index contributed by atoms with van der Waals surface area (Å²) in [4.78, 5) is 21.3. The summed E-state index contributed by atoms with van der Waals surface area (Å²) in [6.07, 6.45) is 3.62. The molecule has 0 aromatic heterocycles. The Morgan fingerprint density at radius 2 is 1.57 bits per heavy atom. The maximum absolute atomic E-state index is 10.9. The van der Waals surface area contributed by atoms with E-state index in [4.69, 9.17) is 9.47 Å². The molecule has 0 bridgehead atoms. The zero-order valence-electron chi connectivity index (χ0n) is 14.0. The van der Waals surface area contributed by atoms with Crippen molar-refractivity contribution in [2.24, 2.45) is 0 Å². The van der Waals surface area contributed by atoms with Crippen molar-refractivity contribution in [3.63, 3.8) is 0 Å². The summed E-state index contributed by atoms with van der Waals surface area (Å²) in [6, 6.07) is 0. The average molecular weight is 306 g/mol. The lowest BCUT2D eigenvalue weighted by Crippen LogP contribution is -2.19. The van der Waals surface area contributed by atoms with Crippen LogP contribution in [0.2, 0.25) is 0 Å². The molecular weight excluding hydrogens is 276 g/mol. The van der Waals surface area contributed by atoms with Crippen molar-refractivity contribution in [1.29, 1.82) is 0 Å². The fraction of sp³-hybridized carbons (Fsp3) is 0.867. The highest BCUT2D eigenvalue weighted by Gasteiger charge is 2.09. The van der Waals surface area contributed by atoms with E-state index in [9.17, 15) is 9.59 Å². The van der Waals surface area contributed by atoms with E-state index in [0.717, 1.165) is 25.7 Å². The Morgan fingerprint density at radius 3 is 2.00 bits per heavy atom. The Hall–Kier alpha value is -1.14. The number of carbonyl (C=O) groups excluding carboxylic acids is 2. The number of rotatable bonds is 10. The van der Waals surface area contributed by atoms with Crippen LogP contribution in [0.5, 0.6) is 0 Å². The van der Waals surface area contributed by atoms with Crippen LogP contribution in [-0.4, -0.2) is 52.1 Å². The molecule has 0 spiro atoms. The Morgan fingerprint density at radius 1 is 1.00 bits per heavy atom. The van der Waals surface area contributed by atoms with Gasteiger partial charge in [-0.1, -0.05) is 26.7 Å². The lowest BCUT2D eigenvalue weighted by molar-refractivity contribution is -0.151. The first-order valence-corrected chi connectivity index (χ1v) is 7.37. The van der Waals surface area contributed by atoms with Crippen LogP contribution in [0.15, 0.2) is 0 Å². The third kappa shape index (κ3) is 16.8. The fourth-order valence-electron chi connectivity index (χ4n) is 1.04. The van der Waals surface area contributed by atoms with Crippen LogP contribution in [0, 0.1) is 0 Å². The van der Waals surface area contributed by atoms with Crippen molar-refractivity contribution in [1.82, 2.24) is 0 Å². The maximum atomic E-state index is 10.9. The zero-order chi connectivity index (χ0) is 16.5. The Balaban J connectivity index is 0. The van der Waals surface area contributed by atoms with Crippen molar-refractivity contribution >= 4 is 11.9 Å². The number of hydrogen-bond acceptors (Lipinski definition) is 6. The van der Waals surface area contributed by atoms with Gasteiger partial charge in [0.2, 0.25) is 0 Å². The molecule has 0 aromatic carbocycles. The number of carbonyl (C=O) groups is 2. The van der Waals surface area contributed by atoms with Gasteiger partial charge in [-0.05, 0) is 19.8 Å². The van der Waals surface area contributed by atoms with E-state index in [-0.39, 0.29) is 18.5 Å². The van der Waals surface area contributed by atoms with E-state index < -0.39 is 6.10 Å². The van der Waals surface area contributed by atoms with E-state index in [0.29, 0.717) is 13.2 Å². The van der Waals surface area contributed by atoms with E-state index >= 15 is 0 Å². The second-order valence-electron chi connectivity index (χ2n) is 4.38. The van der Waals surface area contributed by atoms with Crippen LogP contribution in [-0.2, 0) is 28.5 Å². The van der Waals surface area contributed by atoms with Crippen molar-refractivity contribution in [3.05, 3.63) is 0 Å². The van der Waals surface area contributed by atoms with Gasteiger partial charge in [0.1, 0.15) is 6.61 Å². The number of methoxy groups -OCH3 is 2. The monoisotopic (exact) mass is 306 g/mol. The molecule has 0 aliphatic heterocycles. The smallest absolute Gasteiger partial charge is 0.334 e. The van der Waals surface area contributed by atoms with Gasteiger partial charge >= 0.3 is 11.9 Å². The number of esters is 2. The summed E-state index contributed by atoms with van der Waals surface area (Å²) in [5.41, 5.74) is 0. The van der Waals surface area contributed by atoms with Crippen LogP contribution >= 0.6 is 0 Å². The molecule has 0 N–H and O–H groups in total. The standard InChI is InChI=1S/C10H20O3.C5H10O3/c1-3-5-7-12-9-10(11)13-8-6-4-2;1-4(7-2)5(6)8-3/h3-9H2,1-2H3;4H,1-3H3. The largest absolute Gasteiger partial charge is 0.467 e. The molecule has 6 heteroatoms. The lowest BCUT2D eigenvalue weighted by atomic mass is 10.4. The van der Waals surface area contributed by atoms with Crippen molar-refractivity contribution in [2.45, 2.75) is 52.6 Å². The summed E-state index contributed by atoms with van der Waals surface area (Å²) in [5.74, 6) is -0.586. The van der Waals surface area contributed by atoms with E-state index in [1.807, 2.05) is 0 Å². The van der Waals surface area contributed by atoms with Gasteiger partial charge < -0.3 is 18.9 Å². The second kappa shape index (κ2) is 16.9. The molecule has 21 heavy (non-hydrogen) atoms. The van der Waals surface area contributed by atoms with E-state index in [2.05, 4.69) is 23.3 Å². The van der Waals surface area contributed by atoms with Crippen LogP contribution < -0.4 is 0 Å². The van der Waals surface area contributed by atoms with E-state index in [1.165, 1.54) is 14.2 Å². The highest BCUT2D eigenvalue weighted by atomic mass is 16.6. The van der Waals surface area contributed by atoms with Gasteiger partial charge in [0.05, 0.1) is 13.7 Å². The highest BCUT2D eigenvalue weighted by Crippen LogP contribution is 1.91. The zero-order valence-corrected chi connectivity index (χ0v) is 14.0. The number of unbranched alkanes of at least 4 members (excludes halogenated alkanes) is 2. The summed E-state index contributed by atoms with van der Waals surface area (Å²) < 4.78 is 19.0. The van der Waals surface area contributed by atoms with Gasteiger partial charge in [0.25, 0.3) is 0 Å². The molecule has 0 heterocycles. The molecule has 126 valence electrons. The third-order valence-corrected chi connectivity index (χ3v) is 2.51. The van der Waals surface area contributed by atoms with E-state index in [1.54, 1.807) is 6.92 Å². The second-order valence-corrected chi connectivity index (χ2v) is 4.38. The summed E-state index contributed by atoms with van der Waals surface area (Å²) in [6.45, 7) is 7.05.